The Morgan fingerprint density at radius 2 is 2.15 bits per heavy atom. The second kappa shape index (κ2) is 7.65. The Hall–Kier alpha value is -1.06. The summed E-state index contributed by atoms with van der Waals surface area (Å²) in [5.74, 6) is 0.211. The van der Waals surface area contributed by atoms with E-state index >= 15 is 0 Å². The molecular weight excluding hydrogens is 272 g/mol. The summed E-state index contributed by atoms with van der Waals surface area (Å²) in [6, 6.07) is 8.01. The van der Waals surface area contributed by atoms with Crippen LogP contribution in [0.25, 0.3) is 0 Å². The van der Waals surface area contributed by atoms with Crippen LogP contribution in [-0.2, 0) is 11.2 Å². The average molecular weight is 295 g/mol. The van der Waals surface area contributed by atoms with Crippen molar-refractivity contribution in [2.75, 3.05) is 19.6 Å². The van der Waals surface area contributed by atoms with Crippen LogP contribution in [0.5, 0.6) is 0 Å². The molecule has 1 amide bonds. The molecule has 1 aliphatic heterocycles. The number of hydrogen-bond donors (Lipinski definition) is 1. The molecule has 1 aromatic carbocycles. The smallest absolute Gasteiger partial charge is 0.227 e. The van der Waals surface area contributed by atoms with Crippen molar-refractivity contribution in [1.82, 2.24) is 10.2 Å². The molecule has 20 heavy (non-hydrogen) atoms. The predicted molar refractivity (Wildman–Crippen MR) is 83.1 cm³/mol. The van der Waals surface area contributed by atoms with Gasteiger partial charge in [-0.15, -0.1) is 0 Å². The van der Waals surface area contributed by atoms with Gasteiger partial charge in [0.15, 0.2) is 0 Å². The van der Waals surface area contributed by atoms with Gasteiger partial charge in [0.05, 0.1) is 6.42 Å². The summed E-state index contributed by atoms with van der Waals surface area (Å²) in [7, 11) is 0. The standard InChI is InChI=1S/C16H23ClN2O/c1-2-10-19(12-15-4-3-9-18-15)16(20)11-13-5-7-14(17)8-6-13/h5-8,15,18H,2-4,9-12H2,1H3. The van der Waals surface area contributed by atoms with Crippen molar-refractivity contribution in [2.24, 2.45) is 0 Å². The molecule has 1 saturated heterocycles. The number of halogens is 1. The molecule has 1 fully saturated rings. The lowest BCUT2D eigenvalue weighted by atomic mass is 10.1. The van der Waals surface area contributed by atoms with Crippen molar-refractivity contribution in [3.63, 3.8) is 0 Å². The fourth-order valence-corrected chi connectivity index (χ4v) is 2.78. The van der Waals surface area contributed by atoms with E-state index in [1.54, 1.807) is 0 Å². The molecule has 1 unspecified atom stereocenters. The van der Waals surface area contributed by atoms with E-state index in [4.69, 9.17) is 11.6 Å². The fraction of sp³-hybridized carbons (Fsp3) is 0.562. The van der Waals surface area contributed by atoms with Gasteiger partial charge in [0.2, 0.25) is 5.91 Å². The number of nitrogens with zero attached hydrogens (tertiary/aromatic N) is 1. The minimum Gasteiger partial charge on any atom is -0.341 e. The highest BCUT2D eigenvalue weighted by Crippen LogP contribution is 2.12. The summed E-state index contributed by atoms with van der Waals surface area (Å²) in [4.78, 5) is 14.4. The molecule has 0 spiro atoms. The number of rotatable bonds is 6. The molecular formula is C16H23ClN2O. The molecule has 110 valence electrons. The summed E-state index contributed by atoms with van der Waals surface area (Å²) in [5.41, 5.74) is 1.03. The van der Waals surface area contributed by atoms with Gasteiger partial charge in [-0.05, 0) is 43.5 Å². The summed E-state index contributed by atoms with van der Waals surface area (Å²) in [5, 5.41) is 4.17. The van der Waals surface area contributed by atoms with Crippen LogP contribution in [0.1, 0.15) is 31.7 Å². The molecule has 2 rings (SSSR count). The van der Waals surface area contributed by atoms with E-state index in [0.29, 0.717) is 17.5 Å². The Labute approximate surface area is 126 Å². The van der Waals surface area contributed by atoms with Crippen LogP contribution in [0.15, 0.2) is 24.3 Å². The molecule has 0 aromatic heterocycles. The van der Waals surface area contributed by atoms with Crippen molar-refractivity contribution in [1.29, 1.82) is 0 Å². The predicted octanol–water partition coefficient (Wildman–Crippen LogP) is 2.87. The molecule has 1 aromatic rings. The monoisotopic (exact) mass is 294 g/mol. The van der Waals surface area contributed by atoms with Gasteiger partial charge in [-0.25, -0.2) is 0 Å². The fourth-order valence-electron chi connectivity index (χ4n) is 2.65. The average Bonchev–Trinajstić information content (AvgIpc) is 2.94. The summed E-state index contributed by atoms with van der Waals surface area (Å²) >= 11 is 5.87. The molecule has 4 heteroatoms. The highest BCUT2D eigenvalue weighted by atomic mass is 35.5. The number of carbonyl (C=O) groups excluding carboxylic acids is 1. The topological polar surface area (TPSA) is 32.3 Å². The van der Waals surface area contributed by atoms with Crippen LogP contribution in [0.2, 0.25) is 5.02 Å². The normalized spacial score (nSPS) is 18.2. The first-order valence-corrected chi connectivity index (χ1v) is 7.82. The Bertz CT molecular complexity index is 427. The third-order valence-corrected chi connectivity index (χ3v) is 3.97. The Morgan fingerprint density at radius 3 is 2.75 bits per heavy atom. The van der Waals surface area contributed by atoms with Gasteiger partial charge in [-0.2, -0.15) is 0 Å². The van der Waals surface area contributed by atoms with Gasteiger partial charge in [0, 0.05) is 24.2 Å². The van der Waals surface area contributed by atoms with Crippen LogP contribution in [-0.4, -0.2) is 36.5 Å². The quantitative estimate of drug-likeness (QED) is 0.875. The largest absolute Gasteiger partial charge is 0.341 e. The number of hydrogen-bond acceptors (Lipinski definition) is 2. The van der Waals surface area contributed by atoms with Gasteiger partial charge in [0.1, 0.15) is 0 Å². The zero-order valence-electron chi connectivity index (χ0n) is 12.1. The summed E-state index contributed by atoms with van der Waals surface area (Å²) in [6.45, 7) is 4.87. The van der Waals surface area contributed by atoms with Crippen LogP contribution in [0.3, 0.4) is 0 Å². The van der Waals surface area contributed by atoms with Gasteiger partial charge >= 0.3 is 0 Å². The van der Waals surface area contributed by atoms with E-state index in [9.17, 15) is 4.79 Å². The van der Waals surface area contributed by atoms with Crippen LogP contribution >= 0.6 is 11.6 Å². The van der Waals surface area contributed by atoms with E-state index in [1.807, 2.05) is 29.2 Å². The minimum atomic E-state index is 0.211. The van der Waals surface area contributed by atoms with E-state index in [2.05, 4.69) is 12.2 Å². The Morgan fingerprint density at radius 1 is 1.40 bits per heavy atom. The maximum absolute atomic E-state index is 12.4. The molecule has 0 radical (unpaired) electrons. The zero-order chi connectivity index (χ0) is 14.4. The zero-order valence-corrected chi connectivity index (χ0v) is 12.8. The van der Waals surface area contributed by atoms with Crippen molar-refractivity contribution < 1.29 is 4.79 Å². The number of amides is 1. The van der Waals surface area contributed by atoms with Gasteiger partial charge in [-0.3, -0.25) is 4.79 Å². The van der Waals surface area contributed by atoms with Crippen LogP contribution < -0.4 is 5.32 Å². The lowest BCUT2D eigenvalue weighted by Gasteiger charge is -2.25. The highest BCUT2D eigenvalue weighted by molar-refractivity contribution is 6.30. The SMILES string of the molecule is CCCN(CC1CCCN1)C(=O)Cc1ccc(Cl)cc1. The van der Waals surface area contributed by atoms with Crippen LogP contribution in [0, 0.1) is 0 Å². The minimum absolute atomic E-state index is 0.211. The molecule has 1 N–H and O–H groups in total. The van der Waals surface area contributed by atoms with Crippen molar-refractivity contribution in [3.05, 3.63) is 34.9 Å². The van der Waals surface area contributed by atoms with E-state index in [-0.39, 0.29) is 5.91 Å². The van der Waals surface area contributed by atoms with Gasteiger partial charge < -0.3 is 10.2 Å². The molecule has 1 heterocycles. The molecule has 3 nitrogen and oxygen atoms in total. The first kappa shape index (κ1) is 15.3. The molecule has 1 aliphatic rings. The maximum Gasteiger partial charge on any atom is 0.227 e. The van der Waals surface area contributed by atoms with Gasteiger partial charge in [0.25, 0.3) is 0 Å². The Balaban J connectivity index is 1.93. The third-order valence-electron chi connectivity index (χ3n) is 3.72. The second-order valence-corrected chi connectivity index (χ2v) is 5.87. The number of nitrogens with one attached hydrogen (secondary N) is 1. The lowest BCUT2D eigenvalue weighted by Crippen LogP contribution is -2.42. The third kappa shape index (κ3) is 4.50. The maximum atomic E-state index is 12.4. The van der Waals surface area contributed by atoms with Crippen molar-refractivity contribution in [2.45, 2.75) is 38.6 Å². The number of carbonyl (C=O) groups is 1. The van der Waals surface area contributed by atoms with Gasteiger partial charge in [-0.1, -0.05) is 30.7 Å². The second-order valence-electron chi connectivity index (χ2n) is 5.44. The summed E-state index contributed by atoms with van der Waals surface area (Å²) < 4.78 is 0. The Kier molecular flexibility index (Phi) is 5.86. The molecule has 0 bridgehead atoms. The molecule has 0 saturated carbocycles. The van der Waals surface area contributed by atoms with E-state index < -0.39 is 0 Å². The first-order valence-electron chi connectivity index (χ1n) is 7.44. The summed E-state index contributed by atoms with van der Waals surface area (Å²) in [6.07, 6.45) is 3.85. The van der Waals surface area contributed by atoms with Crippen molar-refractivity contribution >= 4 is 17.5 Å². The molecule has 0 aliphatic carbocycles. The van der Waals surface area contributed by atoms with E-state index in [0.717, 1.165) is 31.6 Å². The number of benzene rings is 1. The first-order chi connectivity index (χ1) is 9.69. The lowest BCUT2D eigenvalue weighted by molar-refractivity contribution is -0.130. The van der Waals surface area contributed by atoms with E-state index in [1.165, 1.54) is 12.8 Å². The van der Waals surface area contributed by atoms with Crippen molar-refractivity contribution in [3.8, 4) is 0 Å². The molecule has 1 atom stereocenters. The highest BCUT2D eigenvalue weighted by Gasteiger charge is 2.20. The van der Waals surface area contributed by atoms with Crippen LogP contribution in [0.4, 0.5) is 0 Å².